The van der Waals surface area contributed by atoms with Crippen LogP contribution in [0.1, 0.15) is 11.4 Å². The predicted octanol–water partition coefficient (Wildman–Crippen LogP) is 2.82. The number of ether oxygens (including phenoxy) is 2. The predicted molar refractivity (Wildman–Crippen MR) is 84.4 cm³/mol. The number of aromatic amines is 1. The molecule has 0 unspecified atom stereocenters. The van der Waals surface area contributed by atoms with Crippen LogP contribution >= 0.6 is 0 Å². The first-order chi connectivity index (χ1) is 10.7. The van der Waals surface area contributed by atoms with E-state index in [0.717, 1.165) is 5.56 Å². The Morgan fingerprint density at radius 1 is 1.14 bits per heavy atom. The van der Waals surface area contributed by atoms with Crippen molar-refractivity contribution in [1.29, 1.82) is 0 Å². The maximum absolute atomic E-state index is 12.0. The molecule has 0 saturated heterocycles. The Morgan fingerprint density at radius 2 is 1.91 bits per heavy atom. The number of nitrogens with zero attached hydrogens (tertiary/aromatic N) is 1. The molecular weight excluding hydrogens is 280 g/mol. The van der Waals surface area contributed by atoms with E-state index in [-0.39, 0.29) is 5.56 Å². The van der Waals surface area contributed by atoms with E-state index in [1.54, 1.807) is 26.2 Å². The molecule has 5 nitrogen and oxygen atoms in total. The molecule has 22 heavy (non-hydrogen) atoms. The number of benzene rings is 2. The Morgan fingerprint density at radius 3 is 2.64 bits per heavy atom. The fourth-order valence-electron chi connectivity index (χ4n) is 2.27. The van der Waals surface area contributed by atoms with E-state index >= 15 is 0 Å². The number of fused-ring (bicyclic) bond motifs is 1. The van der Waals surface area contributed by atoms with Gasteiger partial charge in [-0.3, -0.25) is 4.79 Å². The molecule has 5 heteroatoms. The fourth-order valence-corrected chi connectivity index (χ4v) is 2.27. The molecule has 1 N–H and O–H groups in total. The van der Waals surface area contributed by atoms with Gasteiger partial charge in [0, 0.05) is 6.07 Å². The molecule has 0 atom stereocenters. The highest BCUT2D eigenvalue weighted by atomic mass is 16.5. The lowest BCUT2D eigenvalue weighted by Gasteiger charge is -2.12. The first-order valence-corrected chi connectivity index (χ1v) is 6.93. The van der Waals surface area contributed by atoms with Crippen LogP contribution in [0, 0.1) is 6.92 Å². The number of hydrogen-bond donors (Lipinski definition) is 1. The maximum atomic E-state index is 12.0. The molecule has 0 saturated carbocycles. The second-order valence-electron chi connectivity index (χ2n) is 4.95. The van der Waals surface area contributed by atoms with Crippen molar-refractivity contribution < 1.29 is 9.47 Å². The molecular formula is C17H16N2O3. The summed E-state index contributed by atoms with van der Waals surface area (Å²) in [5.41, 5.74) is 1.44. The van der Waals surface area contributed by atoms with Crippen LogP contribution in [0.5, 0.6) is 11.5 Å². The molecule has 0 spiro atoms. The van der Waals surface area contributed by atoms with Crippen LogP contribution in [0.4, 0.5) is 0 Å². The number of hydrogen-bond acceptors (Lipinski definition) is 4. The number of nitrogens with one attached hydrogen (secondary N) is 1. The summed E-state index contributed by atoms with van der Waals surface area (Å²) < 4.78 is 11.1. The zero-order chi connectivity index (χ0) is 15.5. The number of H-pyrrole nitrogens is 1. The minimum Gasteiger partial charge on any atom is -0.493 e. The monoisotopic (exact) mass is 296 g/mol. The highest BCUT2D eigenvalue weighted by molar-refractivity contribution is 5.81. The molecule has 0 bridgehead atoms. The zero-order valence-corrected chi connectivity index (χ0v) is 12.4. The van der Waals surface area contributed by atoms with Gasteiger partial charge in [0.05, 0.1) is 18.0 Å². The van der Waals surface area contributed by atoms with Crippen molar-refractivity contribution in [2.24, 2.45) is 0 Å². The number of aromatic nitrogens is 2. The third-order valence-corrected chi connectivity index (χ3v) is 3.35. The highest BCUT2D eigenvalue weighted by Gasteiger charge is 2.11. The topological polar surface area (TPSA) is 64.2 Å². The van der Waals surface area contributed by atoms with E-state index in [1.165, 1.54) is 0 Å². The van der Waals surface area contributed by atoms with Gasteiger partial charge in [0.2, 0.25) is 0 Å². The van der Waals surface area contributed by atoms with E-state index in [4.69, 9.17) is 9.47 Å². The van der Waals surface area contributed by atoms with Gasteiger partial charge in [-0.15, -0.1) is 0 Å². The Labute approximate surface area is 127 Å². The normalized spacial score (nSPS) is 10.6. The Hall–Kier alpha value is -2.82. The molecule has 3 aromatic rings. The van der Waals surface area contributed by atoms with Crippen molar-refractivity contribution in [3.63, 3.8) is 0 Å². The van der Waals surface area contributed by atoms with Gasteiger partial charge in [-0.2, -0.15) is 0 Å². The quantitative estimate of drug-likeness (QED) is 0.804. The summed E-state index contributed by atoms with van der Waals surface area (Å²) in [6, 6.07) is 13.2. The molecule has 1 heterocycles. The first-order valence-electron chi connectivity index (χ1n) is 6.93. The van der Waals surface area contributed by atoms with Gasteiger partial charge in [-0.05, 0) is 18.6 Å². The summed E-state index contributed by atoms with van der Waals surface area (Å²) in [5.74, 6) is 1.65. The molecule has 0 aliphatic carbocycles. The van der Waals surface area contributed by atoms with Crippen molar-refractivity contribution >= 4 is 10.9 Å². The van der Waals surface area contributed by atoms with E-state index < -0.39 is 0 Å². The van der Waals surface area contributed by atoms with Crippen molar-refractivity contribution in [1.82, 2.24) is 9.97 Å². The zero-order valence-electron chi connectivity index (χ0n) is 12.4. The molecule has 0 radical (unpaired) electrons. The van der Waals surface area contributed by atoms with Gasteiger partial charge in [0.15, 0.2) is 11.5 Å². The van der Waals surface area contributed by atoms with Crippen LogP contribution < -0.4 is 15.0 Å². The molecule has 2 aromatic carbocycles. The first kappa shape index (κ1) is 14.1. The Balaban J connectivity index is 1.99. The van der Waals surface area contributed by atoms with Gasteiger partial charge in [0.25, 0.3) is 5.56 Å². The lowest BCUT2D eigenvalue weighted by atomic mass is 10.2. The van der Waals surface area contributed by atoms with Crippen molar-refractivity contribution in [2.75, 3.05) is 7.11 Å². The molecule has 112 valence electrons. The van der Waals surface area contributed by atoms with Crippen molar-refractivity contribution in [2.45, 2.75) is 13.5 Å². The molecule has 0 fully saturated rings. The van der Waals surface area contributed by atoms with E-state index in [2.05, 4.69) is 9.97 Å². The average molecular weight is 296 g/mol. The minimum absolute atomic E-state index is 0.185. The van der Waals surface area contributed by atoms with Crippen molar-refractivity contribution in [3.8, 4) is 11.5 Å². The van der Waals surface area contributed by atoms with E-state index in [0.29, 0.717) is 34.8 Å². The summed E-state index contributed by atoms with van der Waals surface area (Å²) in [6.07, 6.45) is 0. The maximum Gasteiger partial charge on any atom is 0.258 e. The Bertz CT molecular complexity index is 857. The minimum atomic E-state index is -0.185. The summed E-state index contributed by atoms with van der Waals surface area (Å²) in [4.78, 5) is 19.0. The Kier molecular flexibility index (Phi) is 3.78. The van der Waals surface area contributed by atoms with Gasteiger partial charge in [-0.1, -0.05) is 30.3 Å². The largest absolute Gasteiger partial charge is 0.493 e. The summed E-state index contributed by atoms with van der Waals surface area (Å²) >= 11 is 0. The van der Waals surface area contributed by atoms with Crippen LogP contribution in [0.25, 0.3) is 10.9 Å². The lowest BCUT2D eigenvalue weighted by Crippen LogP contribution is -2.10. The third-order valence-electron chi connectivity index (χ3n) is 3.35. The van der Waals surface area contributed by atoms with Crippen LogP contribution in [-0.2, 0) is 6.61 Å². The highest BCUT2D eigenvalue weighted by Crippen LogP contribution is 2.31. The van der Waals surface area contributed by atoms with Crippen LogP contribution in [0.15, 0.2) is 47.3 Å². The summed E-state index contributed by atoms with van der Waals surface area (Å²) in [5, 5.41) is 0.481. The number of aryl methyl sites for hydroxylation is 1. The summed E-state index contributed by atoms with van der Waals surface area (Å²) in [6.45, 7) is 2.15. The molecule has 0 amide bonds. The van der Waals surface area contributed by atoms with Gasteiger partial charge >= 0.3 is 0 Å². The number of methoxy groups -OCH3 is 1. The number of rotatable bonds is 4. The van der Waals surface area contributed by atoms with Crippen LogP contribution in [0.3, 0.4) is 0 Å². The molecule has 0 aliphatic heterocycles. The fraction of sp³-hybridized carbons (Fsp3) is 0.176. The van der Waals surface area contributed by atoms with E-state index in [1.807, 2.05) is 30.3 Å². The second kappa shape index (κ2) is 5.89. The van der Waals surface area contributed by atoms with Crippen LogP contribution in [0.2, 0.25) is 0 Å². The van der Waals surface area contributed by atoms with Gasteiger partial charge < -0.3 is 14.5 Å². The van der Waals surface area contributed by atoms with E-state index in [9.17, 15) is 4.79 Å². The average Bonchev–Trinajstić information content (AvgIpc) is 2.53. The molecule has 0 aliphatic rings. The molecule has 3 rings (SSSR count). The summed E-state index contributed by atoms with van der Waals surface area (Å²) in [7, 11) is 1.57. The SMILES string of the molecule is COc1cc2nc(C)[nH]c(=O)c2cc1OCc1ccccc1. The molecule has 1 aromatic heterocycles. The third kappa shape index (κ3) is 2.79. The van der Waals surface area contributed by atoms with Gasteiger partial charge in [-0.25, -0.2) is 4.98 Å². The van der Waals surface area contributed by atoms with Crippen LogP contribution in [-0.4, -0.2) is 17.1 Å². The second-order valence-corrected chi connectivity index (χ2v) is 4.95. The van der Waals surface area contributed by atoms with Crippen molar-refractivity contribution in [3.05, 3.63) is 64.2 Å². The standard InChI is InChI=1S/C17H16N2O3/c1-11-18-14-9-15(21-2)16(8-13(14)17(20)19-11)22-10-12-6-4-3-5-7-12/h3-9H,10H2,1-2H3,(H,18,19,20). The lowest BCUT2D eigenvalue weighted by molar-refractivity contribution is 0.285. The smallest absolute Gasteiger partial charge is 0.258 e. The van der Waals surface area contributed by atoms with Gasteiger partial charge in [0.1, 0.15) is 12.4 Å².